The summed E-state index contributed by atoms with van der Waals surface area (Å²) in [6.07, 6.45) is 6.81. The summed E-state index contributed by atoms with van der Waals surface area (Å²) in [6.45, 7) is 3.22. The molecule has 0 spiro atoms. The Morgan fingerprint density at radius 2 is 1.94 bits per heavy atom. The van der Waals surface area contributed by atoms with Gasteiger partial charge in [0.05, 0.1) is 5.60 Å². The van der Waals surface area contributed by atoms with Crippen molar-refractivity contribution in [1.29, 1.82) is 0 Å². The second-order valence-electron chi connectivity index (χ2n) is 4.54. The lowest BCUT2D eigenvalue weighted by atomic mass is 9.94. The number of nitrogens with one attached hydrogen (secondary N) is 1. The summed E-state index contributed by atoms with van der Waals surface area (Å²) in [6, 6.07) is 0. The molecule has 94 valence electrons. The lowest BCUT2D eigenvalue weighted by Gasteiger charge is -2.31. The summed E-state index contributed by atoms with van der Waals surface area (Å²) in [7, 11) is 0. The zero-order valence-electron chi connectivity index (χ0n) is 10.3. The second-order valence-corrected chi connectivity index (χ2v) is 4.54. The summed E-state index contributed by atoms with van der Waals surface area (Å²) in [4.78, 5) is 11.4. The Morgan fingerprint density at radius 1 is 1.31 bits per heavy atom. The fraction of sp³-hybridized carbons (Fsp3) is 0.917. The topological polar surface area (TPSA) is 64.3 Å². The van der Waals surface area contributed by atoms with E-state index in [2.05, 4.69) is 5.32 Å². The predicted octanol–water partition coefficient (Wildman–Crippen LogP) is 1.19. The maximum atomic E-state index is 11.4. The first-order chi connectivity index (χ1) is 7.72. The number of amides is 1. The van der Waals surface area contributed by atoms with Crippen molar-refractivity contribution in [2.45, 2.75) is 51.0 Å². The molecule has 0 heterocycles. The molecule has 1 saturated carbocycles. The molecule has 0 aliphatic heterocycles. The van der Waals surface area contributed by atoms with E-state index in [9.17, 15) is 4.79 Å². The minimum absolute atomic E-state index is 0.0421. The minimum Gasteiger partial charge on any atom is -0.364 e. The van der Waals surface area contributed by atoms with Crippen molar-refractivity contribution < 1.29 is 9.53 Å². The zero-order valence-corrected chi connectivity index (χ0v) is 10.3. The predicted molar refractivity (Wildman–Crippen MR) is 64.1 cm³/mol. The summed E-state index contributed by atoms with van der Waals surface area (Å²) < 4.78 is 5.78. The third-order valence-electron chi connectivity index (χ3n) is 3.27. The summed E-state index contributed by atoms with van der Waals surface area (Å²) in [5.41, 5.74) is 5.56. The van der Waals surface area contributed by atoms with Gasteiger partial charge in [0.25, 0.3) is 0 Å². The van der Waals surface area contributed by atoms with Gasteiger partial charge in [-0.25, -0.2) is 0 Å². The normalized spacial score (nSPS) is 20.1. The number of hydrogen-bond acceptors (Lipinski definition) is 3. The number of hydrogen-bond donors (Lipinski definition) is 2. The summed E-state index contributed by atoms with van der Waals surface area (Å²) in [5, 5.41) is 2.74. The number of likely N-dealkylation sites (N-methyl/N-ethyl adjacent to an activating group) is 1. The van der Waals surface area contributed by atoms with Gasteiger partial charge in [0.1, 0.15) is 6.61 Å². The van der Waals surface area contributed by atoms with Gasteiger partial charge in [-0.1, -0.05) is 25.7 Å². The molecule has 0 aromatic carbocycles. The van der Waals surface area contributed by atoms with Crippen molar-refractivity contribution in [3.05, 3.63) is 0 Å². The van der Waals surface area contributed by atoms with Gasteiger partial charge in [0, 0.05) is 13.1 Å². The van der Waals surface area contributed by atoms with Gasteiger partial charge in [-0.05, 0) is 19.8 Å². The number of carbonyl (C=O) groups is 1. The van der Waals surface area contributed by atoms with Gasteiger partial charge in [0.15, 0.2) is 0 Å². The third kappa shape index (κ3) is 4.10. The molecule has 4 nitrogen and oxygen atoms in total. The number of nitrogens with two attached hydrogens (primary N) is 1. The molecule has 0 unspecified atom stereocenters. The zero-order chi connectivity index (χ0) is 11.9. The van der Waals surface area contributed by atoms with Crippen molar-refractivity contribution >= 4 is 5.91 Å². The van der Waals surface area contributed by atoms with Crippen LogP contribution in [0.15, 0.2) is 0 Å². The molecule has 1 aliphatic carbocycles. The molecule has 0 saturated heterocycles. The Hall–Kier alpha value is -0.610. The minimum atomic E-state index is -0.248. The summed E-state index contributed by atoms with van der Waals surface area (Å²) in [5.74, 6) is -0.0421. The van der Waals surface area contributed by atoms with Crippen molar-refractivity contribution in [1.82, 2.24) is 5.32 Å². The third-order valence-corrected chi connectivity index (χ3v) is 3.27. The monoisotopic (exact) mass is 228 g/mol. The van der Waals surface area contributed by atoms with Gasteiger partial charge >= 0.3 is 0 Å². The highest BCUT2D eigenvalue weighted by molar-refractivity contribution is 5.77. The van der Waals surface area contributed by atoms with Crippen LogP contribution in [-0.2, 0) is 9.53 Å². The molecule has 16 heavy (non-hydrogen) atoms. The fourth-order valence-corrected chi connectivity index (χ4v) is 2.25. The first kappa shape index (κ1) is 13.5. The molecular weight excluding hydrogens is 204 g/mol. The Bertz CT molecular complexity index is 211. The number of rotatable bonds is 5. The van der Waals surface area contributed by atoms with E-state index in [0.717, 1.165) is 25.7 Å². The van der Waals surface area contributed by atoms with Crippen LogP contribution in [0.3, 0.4) is 0 Å². The van der Waals surface area contributed by atoms with Crippen LogP contribution in [0.5, 0.6) is 0 Å². The van der Waals surface area contributed by atoms with Gasteiger partial charge in [0.2, 0.25) is 5.91 Å². The van der Waals surface area contributed by atoms with Crippen LogP contribution in [0.4, 0.5) is 0 Å². The molecule has 1 fully saturated rings. The molecule has 1 rings (SSSR count). The van der Waals surface area contributed by atoms with Crippen LogP contribution >= 0.6 is 0 Å². The molecule has 3 N–H and O–H groups in total. The van der Waals surface area contributed by atoms with E-state index in [4.69, 9.17) is 10.5 Å². The van der Waals surface area contributed by atoms with E-state index in [1.807, 2.05) is 6.92 Å². The maximum absolute atomic E-state index is 11.4. The van der Waals surface area contributed by atoms with Crippen molar-refractivity contribution in [3.8, 4) is 0 Å². The summed E-state index contributed by atoms with van der Waals surface area (Å²) >= 11 is 0. The van der Waals surface area contributed by atoms with E-state index in [0.29, 0.717) is 13.1 Å². The molecule has 0 atom stereocenters. The highest BCUT2D eigenvalue weighted by atomic mass is 16.5. The van der Waals surface area contributed by atoms with Crippen LogP contribution in [0.1, 0.15) is 45.4 Å². The first-order valence-electron chi connectivity index (χ1n) is 6.33. The molecular formula is C12H24N2O2. The first-order valence-corrected chi connectivity index (χ1v) is 6.33. The van der Waals surface area contributed by atoms with E-state index in [-0.39, 0.29) is 18.1 Å². The van der Waals surface area contributed by atoms with Crippen LogP contribution in [-0.4, -0.2) is 31.2 Å². The van der Waals surface area contributed by atoms with Gasteiger partial charge < -0.3 is 15.8 Å². The standard InChI is InChI=1S/C12H24N2O2/c1-2-14-11(15)9-16-12(10-13)7-5-3-4-6-8-12/h2-10,13H2,1H3,(H,14,15). The Labute approximate surface area is 97.9 Å². The number of carbonyl (C=O) groups excluding carboxylic acids is 1. The van der Waals surface area contributed by atoms with Gasteiger partial charge in [-0.3, -0.25) is 4.79 Å². The van der Waals surface area contributed by atoms with Crippen LogP contribution in [0.2, 0.25) is 0 Å². The Balaban J connectivity index is 2.42. The van der Waals surface area contributed by atoms with Crippen molar-refractivity contribution in [2.75, 3.05) is 19.7 Å². The second kappa shape index (κ2) is 6.86. The van der Waals surface area contributed by atoms with E-state index in [1.165, 1.54) is 12.8 Å². The van der Waals surface area contributed by atoms with Crippen molar-refractivity contribution in [2.24, 2.45) is 5.73 Å². The number of ether oxygens (including phenoxy) is 1. The van der Waals surface area contributed by atoms with Crippen LogP contribution < -0.4 is 11.1 Å². The molecule has 4 heteroatoms. The Morgan fingerprint density at radius 3 is 2.44 bits per heavy atom. The van der Waals surface area contributed by atoms with E-state index < -0.39 is 0 Å². The van der Waals surface area contributed by atoms with E-state index >= 15 is 0 Å². The van der Waals surface area contributed by atoms with E-state index in [1.54, 1.807) is 0 Å². The largest absolute Gasteiger partial charge is 0.364 e. The lowest BCUT2D eigenvalue weighted by molar-refractivity contribution is -0.133. The molecule has 1 amide bonds. The molecule has 0 aromatic heterocycles. The van der Waals surface area contributed by atoms with Gasteiger partial charge in [-0.2, -0.15) is 0 Å². The van der Waals surface area contributed by atoms with Crippen LogP contribution in [0, 0.1) is 0 Å². The molecule has 1 aliphatic rings. The molecule has 0 aromatic rings. The fourth-order valence-electron chi connectivity index (χ4n) is 2.25. The average molecular weight is 228 g/mol. The Kier molecular flexibility index (Phi) is 5.77. The smallest absolute Gasteiger partial charge is 0.246 e. The lowest BCUT2D eigenvalue weighted by Crippen LogP contribution is -2.43. The molecule has 0 radical (unpaired) electrons. The quantitative estimate of drug-likeness (QED) is 0.695. The maximum Gasteiger partial charge on any atom is 0.246 e. The van der Waals surface area contributed by atoms with Crippen LogP contribution in [0.25, 0.3) is 0 Å². The highest BCUT2D eigenvalue weighted by Gasteiger charge is 2.30. The SMILES string of the molecule is CCNC(=O)COC1(CN)CCCCCC1. The van der Waals surface area contributed by atoms with Gasteiger partial charge in [-0.15, -0.1) is 0 Å². The van der Waals surface area contributed by atoms with Crippen molar-refractivity contribution in [3.63, 3.8) is 0 Å². The highest BCUT2D eigenvalue weighted by Crippen LogP contribution is 2.29. The average Bonchev–Trinajstić information content (AvgIpc) is 2.53. The molecule has 0 bridgehead atoms.